The zero-order valence-corrected chi connectivity index (χ0v) is 15.7. The van der Waals surface area contributed by atoms with Crippen LogP contribution in [0.3, 0.4) is 0 Å². The Labute approximate surface area is 158 Å². The zero-order valence-electron chi connectivity index (χ0n) is 15.0. The number of rotatable bonds is 4. The molecule has 26 heavy (non-hydrogen) atoms. The molecule has 3 saturated heterocycles. The van der Waals surface area contributed by atoms with Crippen LogP contribution in [0.1, 0.15) is 26.7 Å². The van der Waals surface area contributed by atoms with Crippen molar-refractivity contribution in [1.29, 1.82) is 0 Å². The molecule has 1 aromatic rings. The Morgan fingerprint density at radius 1 is 1.42 bits per heavy atom. The number of halogens is 1. The van der Waals surface area contributed by atoms with Gasteiger partial charge >= 0.3 is 0 Å². The van der Waals surface area contributed by atoms with E-state index in [9.17, 15) is 9.59 Å². The van der Waals surface area contributed by atoms with E-state index >= 15 is 0 Å². The van der Waals surface area contributed by atoms with Crippen LogP contribution in [-0.4, -0.2) is 59.2 Å². The molecule has 0 bridgehead atoms. The molecular weight excluding hydrogens is 356 g/mol. The van der Waals surface area contributed by atoms with Gasteiger partial charge in [0, 0.05) is 13.0 Å². The van der Waals surface area contributed by atoms with Gasteiger partial charge in [-0.2, -0.15) is 0 Å². The Balaban J connectivity index is 1.48. The van der Waals surface area contributed by atoms with Crippen LogP contribution in [0, 0.1) is 5.92 Å². The predicted molar refractivity (Wildman–Crippen MR) is 95.8 cm³/mol. The van der Waals surface area contributed by atoms with Crippen molar-refractivity contribution in [2.45, 2.75) is 44.5 Å². The molecule has 4 rings (SSSR count). The lowest BCUT2D eigenvalue weighted by Crippen LogP contribution is -2.51. The van der Waals surface area contributed by atoms with Crippen molar-refractivity contribution in [1.82, 2.24) is 9.80 Å². The normalized spacial score (nSPS) is 30.1. The van der Waals surface area contributed by atoms with Gasteiger partial charge in [0.05, 0.1) is 30.1 Å². The number of ether oxygens (including phenoxy) is 2. The van der Waals surface area contributed by atoms with Gasteiger partial charge in [-0.05, 0) is 18.1 Å². The molecule has 0 unspecified atom stereocenters. The average molecular weight is 379 g/mol. The summed E-state index contributed by atoms with van der Waals surface area (Å²) in [4.78, 5) is 29.0. The maximum absolute atomic E-state index is 12.8. The van der Waals surface area contributed by atoms with E-state index in [1.807, 2.05) is 17.0 Å². The van der Waals surface area contributed by atoms with Crippen LogP contribution in [0.2, 0.25) is 5.02 Å². The first-order valence-electron chi connectivity index (χ1n) is 9.07. The summed E-state index contributed by atoms with van der Waals surface area (Å²) in [7, 11) is 0. The second-order valence-electron chi connectivity index (χ2n) is 7.51. The maximum Gasteiger partial charge on any atom is 0.260 e. The number of nitrogens with zero attached hydrogens (tertiary/aromatic N) is 2. The Bertz CT molecular complexity index is 740. The summed E-state index contributed by atoms with van der Waals surface area (Å²) >= 11 is 6.07. The third kappa shape index (κ3) is 2.58. The Kier molecular flexibility index (Phi) is 4.35. The lowest BCUT2D eigenvalue weighted by atomic mass is 10.0. The monoisotopic (exact) mass is 378 g/mol. The molecule has 3 aliphatic rings. The van der Waals surface area contributed by atoms with Crippen molar-refractivity contribution in [2.24, 2.45) is 5.92 Å². The van der Waals surface area contributed by atoms with Gasteiger partial charge in [-0.1, -0.05) is 37.6 Å². The number of carbonyl (C=O) groups is 2. The fourth-order valence-electron chi connectivity index (χ4n) is 4.45. The molecule has 3 heterocycles. The molecule has 1 spiro atoms. The highest BCUT2D eigenvalue weighted by atomic mass is 35.5. The Morgan fingerprint density at radius 3 is 2.92 bits per heavy atom. The highest BCUT2D eigenvalue weighted by molar-refractivity contribution is 6.32. The number of hydrogen-bond donors (Lipinski definition) is 0. The van der Waals surface area contributed by atoms with Crippen LogP contribution in [0.15, 0.2) is 24.3 Å². The van der Waals surface area contributed by atoms with E-state index in [1.54, 1.807) is 17.0 Å². The second kappa shape index (κ2) is 6.43. The van der Waals surface area contributed by atoms with Crippen LogP contribution >= 0.6 is 11.6 Å². The van der Waals surface area contributed by atoms with Crippen LogP contribution in [-0.2, 0) is 14.3 Å². The molecule has 2 amide bonds. The molecule has 3 aliphatic heterocycles. The van der Waals surface area contributed by atoms with Crippen molar-refractivity contribution in [3.63, 3.8) is 0 Å². The second-order valence-corrected chi connectivity index (χ2v) is 7.91. The van der Waals surface area contributed by atoms with Crippen molar-refractivity contribution in [2.75, 3.05) is 19.8 Å². The zero-order chi connectivity index (χ0) is 18.5. The number of benzene rings is 1. The smallest absolute Gasteiger partial charge is 0.260 e. The van der Waals surface area contributed by atoms with Crippen LogP contribution in [0.4, 0.5) is 0 Å². The van der Waals surface area contributed by atoms with Gasteiger partial charge in [0.25, 0.3) is 5.91 Å². The largest absolute Gasteiger partial charge is 0.482 e. The molecule has 0 radical (unpaired) electrons. The molecule has 0 aliphatic carbocycles. The van der Waals surface area contributed by atoms with Crippen LogP contribution in [0.25, 0.3) is 0 Å². The van der Waals surface area contributed by atoms with E-state index in [2.05, 4.69) is 13.8 Å². The summed E-state index contributed by atoms with van der Waals surface area (Å²) < 4.78 is 11.7. The first-order chi connectivity index (χ1) is 12.4. The number of likely N-dealkylation sites (tertiary alicyclic amines) is 1. The van der Waals surface area contributed by atoms with Gasteiger partial charge in [-0.25, -0.2) is 0 Å². The Morgan fingerprint density at radius 2 is 2.19 bits per heavy atom. The van der Waals surface area contributed by atoms with Crippen LogP contribution < -0.4 is 4.74 Å². The fourth-order valence-corrected chi connectivity index (χ4v) is 4.64. The minimum atomic E-state index is -0.647. The van der Waals surface area contributed by atoms with Crippen LogP contribution in [0.5, 0.6) is 5.75 Å². The van der Waals surface area contributed by atoms with Crippen molar-refractivity contribution < 1.29 is 19.1 Å². The predicted octanol–water partition coefficient (Wildman–Crippen LogP) is 2.30. The molecule has 140 valence electrons. The molecular formula is C19H23ClN2O4. The Hall–Kier alpha value is -1.79. The average Bonchev–Trinajstić information content (AvgIpc) is 3.23. The lowest BCUT2D eigenvalue weighted by molar-refractivity contribution is -0.142. The first-order valence-corrected chi connectivity index (χ1v) is 9.45. The molecule has 3 atom stereocenters. The van der Waals surface area contributed by atoms with Crippen molar-refractivity contribution in [3.05, 3.63) is 29.3 Å². The number of amides is 2. The lowest BCUT2D eigenvalue weighted by Gasteiger charge is -2.34. The first kappa shape index (κ1) is 17.6. The van der Waals surface area contributed by atoms with Crippen molar-refractivity contribution >= 4 is 23.4 Å². The van der Waals surface area contributed by atoms with E-state index in [1.165, 1.54) is 0 Å². The van der Waals surface area contributed by atoms with E-state index in [4.69, 9.17) is 21.1 Å². The van der Waals surface area contributed by atoms with Crippen molar-refractivity contribution in [3.8, 4) is 5.75 Å². The number of carbonyl (C=O) groups excluding carboxylic acids is 2. The highest BCUT2D eigenvalue weighted by Crippen LogP contribution is 2.48. The summed E-state index contributed by atoms with van der Waals surface area (Å²) in [6.45, 7) is 5.21. The van der Waals surface area contributed by atoms with Gasteiger partial charge in [-0.3, -0.25) is 9.59 Å². The molecule has 7 heteroatoms. The third-order valence-corrected chi connectivity index (χ3v) is 6.08. The van der Waals surface area contributed by atoms with E-state index < -0.39 is 5.72 Å². The van der Waals surface area contributed by atoms with E-state index in [-0.39, 0.29) is 30.5 Å². The molecule has 3 fully saturated rings. The summed E-state index contributed by atoms with van der Waals surface area (Å²) in [6.07, 6.45) is 0.978. The molecule has 0 saturated carbocycles. The van der Waals surface area contributed by atoms with Gasteiger partial charge in [-0.15, -0.1) is 0 Å². The minimum Gasteiger partial charge on any atom is -0.482 e. The van der Waals surface area contributed by atoms with Gasteiger partial charge in [0.15, 0.2) is 12.3 Å². The van der Waals surface area contributed by atoms with E-state index in [0.29, 0.717) is 42.7 Å². The molecule has 1 aromatic carbocycles. The fraction of sp³-hybridized carbons (Fsp3) is 0.579. The summed E-state index contributed by atoms with van der Waals surface area (Å²) in [6, 6.07) is 6.92. The number of para-hydroxylation sites is 1. The topological polar surface area (TPSA) is 59.1 Å². The highest BCUT2D eigenvalue weighted by Gasteiger charge is 2.65. The van der Waals surface area contributed by atoms with Gasteiger partial charge < -0.3 is 19.3 Å². The summed E-state index contributed by atoms with van der Waals surface area (Å²) in [5, 5.41) is 0.472. The number of hydrogen-bond acceptors (Lipinski definition) is 4. The molecule has 0 aromatic heterocycles. The SMILES string of the molecule is CC(C)[C@@H]1CO[C@@]23CCN(C(=O)COc4ccccc4Cl)[C@@H]2CC(=O)N13. The maximum atomic E-state index is 12.8. The standard InChI is InChI=1S/C19H23ClN2O4/c1-12(2)14-10-26-19-7-8-21(16(19)9-17(23)22(14)19)18(24)11-25-15-6-4-3-5-13(15)20/h3-6,12,14,16H,7-11H2,1-2H3/t14-,16+,19-/m0/s1. The molecule has 6 nitrogen and oxygen atoms in total. The molecule has 0 N–H and O–H groups in total. The van der Waals surface area contributed by atoms with Gasteiger partial charge in [0.2, 0.25) is 5.91 Å². The van der Waals surface area contributed by atoms with E-state index in [0.717, 1.165) is 0 Å². The quantitative estimate of drug-likeness (QED) is 0.806. The van der Waals surface area contributed by atoms with Gasteiger partial charge in [0.1, 0.15) is 5.75 Å². The minimum absolute atomic E-state index is 0.0794. The summed E-state index contributed by atoms with van der Waals surface area (Å²) in [5.41, 5.74) is -0.647. The third-order valence-electron chi connectivity index (χ3n) is 5.77. The summed E-state index contributed by atoms with van der Waals surface area (Å²) in [5.74, 6) is 0.747.